The van der Waals surface area contributed by atoms with E-state index < -0.39 is 22.0 Å². The summed E-state index contributed by atoms with van der Waals surface area (Å²) in [6.45, 7) is 1.27. The number of hydrogen-bond donors (Lipinski definition) is 2. The number of nitrogens with one attached hydrogen (secondary N) is 1. The molecule has 0 saturated carbocycles. The molecule has 0 aliphatic rings. The minimum atomic E-state index is -3.76. The number of carbonyl (C=O) groups is 1. The molecule has 0 unspecified atom stereocenters. The summed E-state index contributed by atoms with van der Waals surface area (Å²) in [7, 11) is -3.76. The molecule has 0 spiro atoms. The van der Waals surface area contributed by atoms with Gasteiger partial charge in [0.25, 0.3) is 0 Å². The van der Waals surface area contributed by atoms with Crippen molar-refractivity contribution in [3.8, 4) is 0 Å². The molecule has 88 valence electrons. The van der Waals surface area contributed by atoms with E-state index >= 15 is 0 Å². The van der Waals surface area contributed by atoms with E-state index in [9.17, 15) is 13.2 Å². The Kier molecular flexibility index (Phi) is 4.28. The van der Waals surface area contributed by atoms with Gasteiger partial charge in [-0.15, -0.1) is 0 Å². The van der Waals surface area contributed by atoms with Gasteiger partial charge in [-0.05, 0) is 53.8 Å². The third kappa shape index (κ3) is 3.42. The molecule has 0 amide bonds. The number of rotatable bonds is 4. The molecule has 0 saturated heterocycles. The lowest BCUT2D eigenvalue weighted by atomic mass is 10.4. The third-order valence-corrected chi connectivity index (χ3v) is 4.10. The zero-order valence-corrected chi connectivity index (χ0v) is 11.3. The van der Waals surface area contributed by atoms with E-state index in [0.29, 0.717) is 0 Å². The van der Waals surface area contributed by atoms with Crippen molar-refractivity contribution in [2.45, 2.75) is 17.9 Å². The zero-order chi connectivity index (χ0) is 12.3. The molecule has 16 heavy (non-hydrogen) atoms. The number of benzene rings is 1. The van der Waals surface area contributed by atoms with Gasteiger partial charge >= 0.3 is 5.97 Å². The van der Waals surface area contributed by atoms with Crippen molar-refractivity contribution in [3.63, 3.8) is 0 Å². The molecule has 0 aliphatic heterocycles. The summed E-state index contributed by atoms with van der Waals surface area (Å²) in [5.41, 5.74) is 0. The largest absolute Gasteiger partial charge is 0.480 e. The van der Waals surface area contributed by atoms with E-state index in [0.717, 1.165) is 3.57 Å². The number of sulfonamides is 1. The summed E-state index contributed by atoms with van der Waals surface area (Å²) in [4.78, 5) is 10.6. The summed E-state index contributed by atoms with van der Waals surface area (Å²) in [6.07, 6.45) is 0. The van der Waals surface area contributed by atoms with Crippen LogP contribution in [0.3, 0.4) is 0 Å². The van der Waals surface area contributed by atoms with Crippen molar-refractivity contribution in [2.75, 3.05) is 0 Å². The number of carboxylic acids is 1. The molecule has 0 fully saturated rings. The van der Waals surface area contributed by atoms with Gasteiger partial charge in [0.2, 0.25) is 10.0 Å². The fourth-order valence-electron chi connectivity index (χ4n) is 0.965. The number of halogens is 1. The van der Waals surface area contributed by atoms with Gasteiger partial charge in [-0.2, -0.15) is 4.72 Å². The molecule has 0 aliphatic carbocycles. The van der Waals surface area contributed by atoms with Gasteiger partial charge in [0, 0.05) is 3.57 Å². The molecule has 0 aromatic heterocycles. The summed E-state index contributed by atoms with van der Waals surface area (Å²) in [5, 5.41) is 8.61. The highest BCUT2D eigenvalue weighted by Crippen LogP contribution is 2.12. The minimum Gasteiger partial charge on any atom is -0.480 e. The molecule has 5 nitrogen and oxygen atoms in total. The van der Waals surface area contributed by atoms with Crippen LogP contribution in [-0.2, 0) is 14.8 Å². The second-order valence-electron chi connectivity index (χ2n) is 3.14. The SMILES string of the molecule is C[C@H](NS(=O)(=O)c1ccc(I)cc1)C(=O)O. The highest BCUT2D eigenvalue weighted by molar-refractivity contribution is 14.1. The van der Waals surface area contributed by atoms with Crippen LogP contribution in [0, 0.1) is 3.57 Å². The van der Waals surface area contributed by atoms with Gasteiger partial charge in [0.05, 0.1) is 4.90 Å². The fraction of sp³-hybridized carbons (Fsp3) is 0.222. The highest BCUT2D eigenvalue weighted by Gasteiger charge is 2.20. The Bertz CT molecular complexity index is 483. The molecule has 1 rings (SSSR count). The van der Waals surface area contributed by atoms with Crippen LogP contribution < -0.4 is 4.72 Å². The van der Waals surface area contributed by atoms with Gasteiger partial charge in [-0.3, -0.25) is 4.79 Å². The second-order valence-corrected chi connectivity index (χ2v) is 6.09. The van der Waals surface area contributed by atoms with Gasteiger partial charge < -0.3 is 5.11 Å². The molecule has 0 heterocycles. The number of aliphatic carboxylic acids is 1. The average molecular weight is 355 g/mol. The second kappa shape index (κ2) is 5.11. The maximum Gasteiger partial charge on any atom is 0.321 e. The molecule has 0 radical (unpaired) electrons. The van der Waals surface area contributed by atoms with Gasteiger partial charge in [-0.1, -0.05) is 0 Å². The predicted octanol–water partition coefficient (Wildman–Crippen LogP) is 1.04. The van der Waals surface area contributed by atoms with Crippen LogP contribution in [0.2, 0.25) is 0 Å². The number of hydrogen-bond acceptors (Lipinski definition) is 3. The molecular weight excluding hydrogens is 345 g/mol. The van der Waals surface area contributed by atoms with Crippen LogP contribution >= 0.6 is 22.6 Å². The fourth-order valence-corrected chi connectivity index (χ4v) is 2.52. The summed E-state index contributed by atoms with van der Waals surface area (Å²) >= 11 is 2.05. The van der Waals surface area contributed by atoms with Gasteiger partial charge in [0.1, 0.15) is 6.04 Å². The Morgan fingerprint density at radius 2 is 1.88 bits per heavy atom. The summed E-state index contributed by atoms with van der Waals surface area (Å²) in [5.74, 6) is -1.21. The van der Waals surface area contributed by atoms with E-state index in [4.69, 9.17) is 5.11 Å². The minimum absolute atomic E-state index is 0.0565. The van der Waals surface area contributed by atoms with Crippen molar-refractivity contribution in [2.24, 2.45) is 0 Å². The van der Waals surface area contributed by atoms with Gasteiger partial charge in [-0.25, -0.2) is 8.42 Å². The van der Waals surface area contributed by atoms with Crippen molar-refractivity contribution in [3.05, 3.63) is 27.8 Å². The lowest BCUT2D eigenvalue weighted by molar-refractivity contribution is -0.138. The lowest BCUT2D eigenvalue weighted by Crippen LogP contribution is -2.38. The standard InChI is InChI=1S/C9H10INO4S/c1-6(9(12)13)11-16(14,15)8-4-2-7(10)3-5-8/h2-6,11H,1H3,(H,12,13)/t6-/m0/s1. The average Bonchev–Trinajstić information content (AvgIpc) is 2.17. The Labute approximate surface area is 107 Å². The molecule has 1 atom stereocenters. The van der Waals surface area contributed by atoms with E-state index in [1.807, 2.05) is 0 Å². The normalized spacial score (nSPS) is 13.4. The zero-order valence-electron chi connectivity index (χ0n) is 8.34. The van der Waals surface area contributed by atoms with Crippen LogP contribution in [0.25, 0.3) is 0 Å². The quantitative estimate of drug-likeness (QED) is 0.791. The molecule has 2 N–H and O–H groups in total. The lowest BCUT2D eigenvalue weighted by Gasteiger charge is -2.09. The Hall–Kier alpha value is -0.670. The summed E-state index contributed by atoms with van der Waals surface area (Å²) < 4.78 is 26.3. The van der Waals surface area contributed by atoms with E-state index in [1.165, 1.54) is 19.1 Å². The Morgan fingerprint density at radius 1 is 1.38 bits per heavy atom. The monoisotopic (exact) mass is 355 g/mol. The molecule has 7 heteroatoms. The first-order valence-electron chi connectivity index (χ1n) is 4.33. The van der Waals surface area contributed by atoms with Gasteiger partial charge in [0.15, 0.2) is 0 Å². The Balaban J connectivity index is 2.94. The van der Waals surface area contributed by atoms with Crippen LogP contribution in [-0.4, -0.2) is 25.5 Å². The molecule has 1 aromatic carbocycles. The Morgan fingerprint density at radius 3 is 2.31 bits per heavy atom. The first-order chi connectivity index (χ1) is 7.33. The predicted molar refractivity (Wildman–Crippen MR) is 66.6 cm³/mol. The maximum absolute atomic E-state index is 11.7. The summed E-state index contributed by atoms with van der Waals surface area (Å²) in [6, 6.07) is 4.99. The van der Waals surface area contributed by atoms with E-state index in [-0.39, 0.29) is 4.90 Å². The van der Waals surface area contributed by atoms with Crippen molar-refractivity contribution >= 4 is 38.6 Å². The van der Waals surface area contributed by atoms with E-state index in [1.54, 1.807) is 12.1 Å². The van der Waals surface area contributed by atoms with Crippen LogP contribution in [0.4, 0.5) is 0 Å². The third-order valence-electron chi connectivity index (χ3n) is 1.83. The molecule has 1 aromatic rings. The highest BCUT2D eigenvalue weighted by atomic mass is 127. The van der Waals surface area contributed by atoms with E-state index in [2.05, 4.69) is 27.3 Å². The number of carboxylic acid groups (broad SMARTS) is 1. The smallest absolute Gasteiger partial charge is 0.321 e. The molecule has 0 bridgehead atoms. The first kappa shape index (κ1) is 13.4. The van der Waals surface area contributed by atoms with Crippen molar-refractivity contribution in [1.82, 2.24) is 4.72 Å². The maximum atomic E-state index is 11.7. The first-order valence-corrected chi connectivity index (χ1v) is 6.90. The van der Waals surface area contributed by atoms with Crippen molar-refractivity contribution < 1.29 is 18.3 Å². The van der Waals surface area contributed by atoms with Crippen LogP contribution in [0.1, 0.15) is 6.92 Å². The topological polar surface area (TPSA) is 83.5 Å². The van der Waals surface area contributed by atoms with Crippen LogP contribution in [0.15, 0.2) is 29.2 Å². The molecular formula is C9H10INO4S. The van der Waals surface area contributed by atoms with Crippen molar-refractivity contribution in [1.29, 1.82) is 0 Å². The van der Waals surface area contributed by atoms with Crippen LogP contribution in [0.5, 0.6) is 0 Å².